The summed E-state index contributed by atoms with van der Waals surface area (Å²) in [7, 11) is 3.58. The molecule has 0 aliphatic rings. The van der Waals surface area contributed by atoms with Crippen molar-refractivity contribution in [2.45, 2.75) is 13.5 Å². The van der Waals surface area contributed by atoms with E-state index in [-0.39, 0.29) is 0 Å². The number of rotatable bonds is 4. The summed E-state index contributed by atoms with van der Waals surface area (Å²) in [6.45, 7) is 2.73. The fourth-order valence-electron chi connectivity index (χ4n) is 2.36. The quantitative estimate of drug-likeness (QED) is 0.799. The lowest BCUT2D eigenvalue weighted by Crippen LogP contribution is -2.00. The maximum atomic E-state index is 5.15. The number of aryl methyl sites for hydroxylation is 2. The molecule has 0 bridgehead atoms. The molecule has 0 fully saturated rings. The molecule has 0 saturated heterocycles. The predicted molar refractivity (Wildman–Crippen MR) is 83.6 cm³/mol. The van der Waals surface area contributed by atoms with Gasteiger partial charge >= 0.3 is 0 Å². The molecule has 0 radical (unpaired) electrons. The Morgan fingerprint density at radius 1 is 1.24 bits per heavy atom. The summed E-state index contributed by atoms with van der Waals surface area (Å²) in [4.78, 5) is 4.48. The minimum absolute atomic E-state index is 0.726. The van der Waals surface area contributed by atoms with Crippen molar-refractivity contribution in [3.63, 3.8) is 0 Å². The third-order valence-corrected chi connectivity index (χ3v) is 3.51. The summed E-state index contributed by atoms with van der Waals surface area (Å²) >= 11 is 0. The second-order valence-electron chi connectivity index (χ2n) is 5.01. The molecular weight excluding hydrogens is 264 g/mol. The summed E-state index contributed by atoms with van der Waals surface area (Å²) in [5, 5.41) is 8.87. The molecule has 0 aliphatic carbocycles. The van der Waals surface area contributed by atoms with Crippen molar-refractivity contribution in [2.24, 2.45) is 7.05 Å². The molecular formula is C16H18N4O. The molecule has 0 atom stereocenters. The third-order valence-electron chi connectivity index (χ3n) is 3.51. The van der Waals surface area contributed by atoms with Crippen LogP contribution in [0.3, 0.4) is 0 Å². The van der Waals surface area contributed by atoms with Crippen molar-refractivity contribution in [1.82, 2.24) is 14.8 Å². The molecule has 3 aromatic rings. The Kier molecular flexibility index (Phi) is 3.48. The number of aromatic nitrogens is 3. The van der Waals surface area contributed by atoms with Gasteiger partial charge in [-0.1, -0.05) is 0 Å². The molecule has 0 unspecified atom stereocenters. The van der Waals surface area contributed by atoms with Crippen LogP contribution in [0.15, 0.2) is 36.5 Å². The molecule has 2 aromatic heterocycles. The van der Waals surface area contributed by atoms with E-state index in [1.165, 1.54) is 0 Å². The molecule has 1 aromatic carbocycles. The zero-order valence-corrected chi connectivity index (χ0v) is 12.4. The number of hydrogen-bond acceptors (Lipinski definition) is 4. The van der Waals surface area contributed by atoms with Gasteiger partial charge in [0.15, 0.2) is 5.65 Å². The Morgan fingerprint density at radius 2 is 2.00 bits per heavy atom. The van der Waals surface area contributed by atoms with Crippen LogP contribution < -0.4 is 10.1 Å². The minimum atomic E-state index is 0.726. The normalized spacial score (nSPS) is 10.8. The molecule has 1 N–H and O–H groups in total. The Labute approximate surface area is 123 Å². The van der Waals surface area contributed by atoms with Gasteiger partial charge in [0.1, 0.15) is 5.75 Å². The molecule has 108 valence electrons. The van der Waals surface area contributed by atoms with Gasteiger partial charge in [0, 0.05) is 30.9 Å². The third kappa shape index (κ3) is 2.67. The topological polar surface area (TPSA) is 52.0 Å². The van der Waals surface area contributed by atoms with Crippen molar-refractivity contribution in [1.29, 1.82) is 0 Å². The van der Waals surface area contributed by atoms with Gasteiger partial charge in [-0.3, -0.25) is 4.68 Å². The standard InChI is InChI=1S/C16H18N4O/c1-11-15-8-12(10-18-16(15)20(2)19-11)9-17-13-4-6-14(21-3)7-5-13/h4-8,10,17H,9H2,1-3H3. The van der Waals surface area contributed by atoms with E-state index in [2.05, 4.69) is 21.5 Å². The lowest BCUT2D eigenvalue weighted by Gasteiger charge is -2.07. The van der Waals surface area contributed by atoms with Gasteiger partial charge in [-0.2, -0.15) is 5.10 Å². The number of hydrogen-bond donors (Lipinski definition) is 1. The van der Waals surface area contributed by atoms with E-state index in [1.807, 2.05) is 49.1 Å². The first-order valence-electron chi connectivity index (χ1n) is 6.83. The van der Waals surface area contributed by atoms with E-state index >= 15 is 0 Å². The zero-order chi connectivity index (χ0) is 14.8. The van der Waals surface area contributed by atoms with E-state index in [4.69, 9.17) is 4.74 Å². The highest BCUT2D eigenvalue weighted by Crippen LogP contribution is 2.18. The molecule has 3 rings (SSSR count). The maximum Gasteiger partial charge on any atom is 0.157 e. The Hall–Kier alpha value is -2.56. The smallest absolute Gasteiger partial charge is 0.157 e. The van der Waals surface area contributed by atoms with E-state index in [1.54, 1.807) is 7.11 Å². The second-order valence-corrected chi connectivity index (χ2v) is 5.01. The number of methoxy groups -OCH3 is 1. The lowest BCUT2D eigenvalue weighted by molar-refractivity contribution is 0.415. The Morgan fingerprint density at radius 3 is 2.71 bits per heavy atom. The van der Waals surface area contributed by atoms with E-state index < -0.39 is 0 Å². The van der Waals surface area contributed by atoms with Gasteiger partial charge in [0.05, 0.1) is 12.8 Å². The lowest BCUT2D eigenvalue weighted by atomic mass is 10.2. The van der Waals surface area contributed by atoms with Crippen molar-refractivity contribution in [3.05, 3.63) is 47.8 Å². The van der Waals surface area contributed by atoms with E-state index in [9.17, 15) is 0 Å². The van der Waals surface area contributed by atoms with Crippen molar-refractivity contribution in [3.8, 4) is 5.75 Å². The number of pyridine rings is 1. The average molecular weight is 282 g/mol. The second kappa shape index (κ2) is 5.44. The number of nitrogens with one attached hydrogen (secondary N) is 1. The van der Waals surface area contributed by atoms with E-state index in [0.29, 0.717) is 0 Å². The first-order valence-corrected chi connectivity index (χ1v) is 6.83. The van der Waals surface area contributed by atoms with Gasteiger partial charge < -0.3 is 10.1 Å². The fraction of sp³-hybridized carbons (Fsp3) is 0.250. The van der Waals surface area contributed by atoms with Gasteiger partial charge in [-0.25, -0.2) is 4.98 Å². The summed E-state index contributed by atoms with van der Waals surface area (Å²) in [6.07, 6.45) is 1.89. The van der Waals surface area contributed by atoms with Gasteiger partial charge in [-0.05, 0) is 42.8 Å². The summed E-state index contributed by atoms with van der Waals surface area (Å²) in [6, 6.07) is 10.0. The van der Waals surface area contributed by atoms with E-state index in [0.717, 1.165) is 40.3 Å². The van der Waals surface area contributed by atoms with Crippen LogP contribution in [-0.4, -0.2) is 21.9 Å². The van der Waals surface area contributed by atoms with Gasteiger partial charge in [0.2, 0.25) is 0 Å². The number of fused-ring (bicyclic) bond motifs is 1. The fourth-order valence-corrected chi connectivity index (χ4v) is 2.36. The molecule has 21 heavy (non-hydrogen) atoms. The summed E-state index contributed by atoms with van der Waals surface area (Å²) < 4.78 is 6.96. The molecule has 5 heteroatoms. The predicted octanol–water partition coefficient (Wildman–Crippen LogP) is 2.90. The van der Waals surface area contributed by atoms with Crippen LogP contribution in [-0.2, 0) is 13.6 Å². The van der Waals surface area contributed by atoms with Crippen molar-refractivity contribution in [2.75, 3.05) is 12.4 Å². The van der Waals surface area contributed by atoms with Crippen LogP contribution in [0.1, 0.15) is 11.3 Å². The van der Waals surface area contributed by atoms with Crippen molar-refractivity contribution >= 4 is 16.7 Å². The van der Waals surface area contributed by atoms with Crippen LogP contribution in [0.5, 0.6) is 5.75 Å². The zero-order valence-electron chi connectivity index (χ0n) is 12.4. The first-order chi connectivity index (χ1) is 10.2. The van der Waals surface area contributed by atoms with Crippen LogP contribution in [0.2, 0.25) is 0 Å². The highest BCUT2D eigenvalue weighted by molar-refractivity contribution is 5.78. The Bertz CT molecular complexity index is 762. The monoisotopic (exact) mass is 282 g/mol. The Balaban J connectivity index is 1.76. The van der Waals surface area contributed by atoms with Crippen LogP contribution in [0, 0.1) is 6.92 Å². The summed E-state index contributed by atoms with van der Waals surface area (Å²) in [5.74, 6) is 0.856. The number of anilines is 1. The van der Waals surface area contributed by atoms with Crippen LogP contribution >= 0.6 is 0 Å². The largest absolute Gasteiger partial charge is 0.497 e. The number of nitrogens with zero attached hydrogens (tertiary/aromatic N) is 3. The van der Waals surface area contributed by atoms with Crippen LogP contribution in [0.25, 0.3) is 11.0 Å². The molecule has 0 saturated carbocycles. The molecule has 0 spiro atoms. The molecule has 5 nitrogen and oxygen atoms in total. The number of ether oxygens (including phenoxy) is 1. The molecule has 0 amide bonds. The van der Waals surface area contributed by atoms with Gasteiger partial charge in [-0.15, -0.1) is 0 Å². The SMILES string of the molecule is COc1ccc(NCc2cnc3c(c2)c(C)nn3C)cc1. The van der Waals surface area contributed by atoms with Crippen molar-refractivity contribution < 1.29 is 4.74 Å². The molecule has 2 heterocycles. The maximum absolute atomic E-state index is 5.15. The van der Waals surface area contributed by atoms with Crippen LogP contribution in [0.4, 0.5) is 5.69 Å². The molecule has 0 aliphatic heterocycles. The highest BCUT2D eigenvalue weighted by Gasteiger charge is 2.06. The number of benzene rings is 1. The highest BCUT2D eigenvalue weighted by atomic mass is 16.5. The minimum Gasteiger partial charge on any atom is -0.497 e. The summed E-state index contributed by atoms with van der Waals surface area (Å²) in [5.41, 5.74) is 4.11. The first kappa shape index (κ1) is 13.4. The van der Waals surface area contributed by atoms with Gasteiger partial charge in [0.25, 0.3) is 0 Å². The average Bonchev–Trinajstić information content (AvgIpc) is 2.80.